The topological polar surface area (TPSA) is 92.8 Å². The number of sulfonamides is 2. The summed E-state index contributed by atoms with van der Waals surface area (Å²) >= 11 is 5.76. The number of halogens is 1. The van der Waals surface area contributed by atoms with Crippen LogP contribution in [-0.4, -0.2) is 59.2 Å². The molecule has 0 radical (unpaired) electrons. The van der Waals surface area contributed by atoms with Gasteiger partial charge < -0.3 is 4.74 Å². The highest BCUT2D eigenvalue weighted by Crippen LogP contribution is 2.13. The summed E-state index contributed by atoms with van der Waals surface area (Å²) in [5.41, 5.74) is 0.580. The molecule has 1 heterocycles. The number of hydrogen-bond acceptors (Lipinski definition) is 5. The van der Waals surface area contributed by atoms with Gasteiger partial charge in [-0.05, 0) is 24.6 Å². The fraction of sp³-hybridized carbons (Fsp3) is 0.571. The minimum atomic E-state index is -3.61. The van der Waals surface area contributed by atoms with Gasteiger partial charge >= 0.3 is 0 Å². The molecule has 0 aromatic heterocycles. The van der Waals surface area contributed by atoms with E-state index in [4.69, 9.17) is 16.3 Å². The van der Waals surface area contributed by atoms with Crippen LogP contribution in [0.1, 0.15) is 12.5 Å². The van der Waals surface area contributed by atoms with E-state index in [1.54, 1.807) is 31.2 Å². The average molecular weight is 397 g/mol. The highest BCUT2D eigenvalue weighted by atomic mass is 35.5. The van der Waals surface area contributed by atoms with Crippen LogP contribution in [-0.2, 0) is 30.5 Å². The van der Waals surface area contributed by atoms with Crippen molar-refractivity contribution in [1.29, 1.82) is 0 Å². The second kappa shape index (κ2) is 8.11. The Hall–Kier alpha value is -0.710. The van der Waals surface area contributed by atoms with Crippen LogP contribution in [0.25, 0.3) is 0 Å². The lowest BCUT2D eigenvalue weighted by molar-refractivity contribution is 0.0393. The maximum Gasteiger partial charge on any atom is 0.215 e. The Morgan fingerprint density at radius 3 is 2.54 bits per heavy atom. The smallest absolute Gasteiger partial charge is 0.215 e. The minimum Gasteiger partial charge on any atom is -0.378 e. The van der Waals surface area contributed by atoms with Crippen molar-refractivity contribution in [3.8, 4) is 0 Å². The first kappa shape index (κ1) is 19.6. The van der Waals surface area contributed by atoms with Crippen LogP contribution in [0.2, 0.25) is 5.02 Å². The van der Waals surface area contributed by atoms with Gasteiger partial charge in [0.25, 0.3) is 0 Å². The Morgan fingerprint density at radius 1 is 1.25 bits per heavy atom. The number of rotatable bonds is 7. The van der Waals surface area contributed by atoms with E-state index in [1.807, 2.05) is 0 Å². The van der Waals surface area contributed by atoms with Crippen molar-refractivity contribution in [2.75, 3.05) is 32.1 Å². The molecule has 1 aromatic carbocycles. The van der Waals surface area contributed by atoms with Crippen molar-refractivity contribution in [2.45, 2.75) is 18.7 Å². The van der Waals surface area contributed by atoms with Gasteiger partial charge in [-0.25, -0.2) is 21.6 Å². The van der Waals surface area contributed by atoms with E-state index in [9.17, 15) is 16.8 Å². The molecular weight excluding hydrogens is 376 g/mol. The summed E-state index contributed by atoms with van der Waals surface area (Å²) in [5.74, 6) is -0.505. The standard InChI is InChI=1S/C14H21ClN2O5S2/c1-12-10-22-8-7-17(12)24(20,21)9-6-16-23(18,19)11-13-2-4-14(15)5-3-13/h2-5,12,16H,6-11H2,1H3. The highest BCUT2D eigenvalue weighted by molar-refractivity contribution is 7.89. The highest BCUT2D eigenvalue weighted by Gasteiger charge is 2.29. The second-order valence-electron chi connectivity index (χ2n) is 5.63. The van der Waals surface area contributed by atoms with Crippen molar-refractivity contribution < 1.29 is 21.6 Å². The Morgan fingerprint density at radius 2 is 1.92 bits per heavy atom. The molecule has 1 atom stereocenters. The van der Waals surface area contributed by atoms with Gasteiger partial charge in [0.2, 0.25) is 20.0 Å². The summed E-state index contributed by atoms with van der Waals surface area (Å²) in [4.78, 5) is 0. The number of nitrogens with zero attached hydrogens (tertiary/aromatic N) is 1. The van der Waals surface area contributed by atoms with Crippen LogP contribution in [0, 0.1) is 0 Å². The molecule has 0 bridgehead atoms. The van der Waals surface area contributed by atoms with E-state index < -0.39 is 20.0 Å². The Bertz CT molecular complexity index is 750. The summed E-state index contributed by atoms with van der Waals surface area (Å²) in [5, 5.41) is 0.523. The van der Waals surface area contributed by atoms with Crippen molar-refractivity contribution >= 4 is 31.6 Å². The third-order valence-corrected chi connectivity index (χ3v) is 7.20. The van der Waals surface area contributed by atoms with Gasteiger partial charge in [0, 0.05) is 24.2 Å². The zero-order valence-electron chi connectivity index (χ0n) is 13.3. The zero-order valence-corrected chi connectivity index (χ0v) is 15.7. The van der Waals surface area contributed by atoms with Gasteiger partial charge in [-0.1, -0.05) is 23.7 Å². The number of morpholine rings is 1. The van der Waals surface area contributed by atoms with Crippen LogP contribution >= 0.6 is 11.6 Å². The van der Waals surface area contributed by atoms with Crippen molar-refractivity contribution in [2.24, 2.45) is 0 Å². The summed E-state index contributed by atoms with van der Waals surface area (Å²) < 4.78 is 57.6. The molecule has 0 spiro atoms. The maximum atomic E-state index is 12.3. The Kier molecular flexibility index (Phi) is 6.63. The van der Waals surface area contributed by atoms with E-state index in [0.29, 0.717) is 30.3 Å². The molecule has 1 aliphatic rings. The molecule has 1 aliphatic heterocycles. The van der Waals surface area contributed by atoms with Crippen LogP contribution in [0.15, 0.2) is 24.3 Å². The maximum absolute atomic E-state index is 12.3. The van der Waals surface area contributed by atoms with Gasteiger partial charge in [0.15, 0.2) is 0 Å². The first-order valence-corrected chi connectivity index (χ1v) is 11.1. The van der Waals surface area contributed by atoms with Gasteiger partial charge in [0.1, 0.15) is 0 Å². The lowest BCUT2D eigenvalue weighted by Gasteiger charge is -2.32. The molecule has 0 amide bonds. The molecule has 0 aliphatic carbocycles. The van der Waals surface area contributed by atoms with Gasteiger partial charge in [-0.2, -0.15) is 4.31 Å². The molecule has 1 saturated heterocycles. The summed E-state index contributed by atoms with van der Waals surface area (Å²) in [7, 11) is -7.14. The SMILES string of the molecule is CC1COCCN1S(=O)(=O)CCNS(=O)(=O)Cc1ccc(Cl)cc1. The first-order valence-electron chi connectivity index (χ1n) is 7.49. The van der Waals surface area contributed by atoms with Crippen molar-refractivity contribution in [3.63, 3.8) is 0 Å². The number of nitrogens with one attached hydrogen (secondary N) is 1. The fourth-order valence-electron chi connectivity index (χ4n) is 2.42. The van der Waals surface area contributed by atoms with Gasteiger partial charge in [-0.3, -0.25) is 0 Å². The van der Waals surface area contributed by atoms with Crippen LogP contribution in [0.4, 0.5) is 0 Å². The molecule has 10 heteroatoms. The van der Waals surface area contributed by atoms with E-state index >= 15 is 0 Å². The molecule has 0 saturated carbocycles. The number of hydrogen-bond donors (Lipinski definition) is 1. The quantitative estimate of drug-likeness (QED) is 0.736. The van der Waals surface area contributed by atoms with Crippen molar-refractivity contribution in [1.82, 2.24) is 9.03 Å². The van der Waals surface area contributed by atoms with Crippen LogP contribution in [0.3, 0.4) is 0 Å². The molecule has 1 fully saturated rings. The van der Waals surface area contributed by atoms with Gasteiger partial charge in [0.05, 0.1) is 24.7 Å². The first-order chi connectivity index (χ1) is 11.2. The number of benzene rings is 1. The predicted molar refractivity (Wildman–Crippen MR) is 92.9 cm³/mol. The average Bonchev–Trinajstić information content (AvgIpc) is 2.49. The normalized spacial score (nSPS) is 20.2. The Balaban J connectivity index is 1.88. The molecule has 1 unspecified atom stereocenters. The monoisotopic (exact) mass is 396 g/mol. The largest absolute Gasteiger partial charge is 0.378 e. The fourth-order valence-corrected chi connectivity index (χ4v) is 5.38. The summed E-state index contributed by atoms with van der Waals surface area (Å²) in [6.07, 6.45) is 0. The molecule has 1 N–H and O–H groups in total. The molecular formula is C14H21ClN2O5S2. The molecule has 2 rings (SSSR count). The van der Waals surface area contributed by atoms with Crippen molar-refractivity contribution in [3.05, 3.63) is 34.9 Å². The number of ether oxygens (including phenoxy) is 1. The lowest BCUT2D eigenvalue weighted by Crippen LogP contribution is -2.49. The predicted octanol–water partition coefficient (Wildman–Crippen LogP) is 0.810. The third kappa shape index (κ3) is 5.68. The molecule has 1 aromatic rings. The van der Waals surface area contributed by atoms with Crippen LogP contribution in [0.5, 0.6) is 0 Å². The Labute approximate surface area is 148 Å². The lowest BCUT2D eigenvalue weighted by atomic mass is 10.2. The summed E-state index contributed by atoms with van der Waals surface area (Å²) in [6.45, 7) is 2.60. The van der Waals surface area contributed by atoms with E-state index in [0.717, 1.165) is 0 Å². The van der Waals surface area contributed by atoms with E-state index in [-0.39, 0.29) is 24.1 Å². The van der Waals surface area contributed by atoms with Crippen LogP contribution < -0.4 is 4.72 Å². The van der Waals surface area contributed by atoms with E-state index in [2.05, 4.69) is 4.72 Å². The minimum absolute atomic E-state index is 0.164. The zero-order chi connectivity index (χ0) is 17.8. The third-order valence-electron chi connectivity index (χ3n) is 3.62. The van der Waals surface area contributed by atoms with Gasteiger partial charge in [-0.15, -0.1) is 0 Å². The molecule has 24 heavy (non-hydrogen) atoms. The van der Waals surface area contributed by atoms with E-state index in [1.165, 1.54) is 4.31 Å². The molecule has 7 nitrogen and oxygen atoms in total. The summed E-state index contributed by atoms with van der Waals surface area (Å²) in [6, 6.07) is 6.21. The molecule has 136 valence electrons. The second-order valence-corrected chi connectivity index (χ2v) is 9.91.